The zero-order valence-electron chi connectivity index (χ0n) is 9.16. The number of nitrogens with one attached hydrogen (secondary N) is 3. The van der Waals surface area contributed by atoms with Crippen molar-refractivity contribution in [1.29, 1.82) is 0 Å². The molecule has 0 aromatic carbocycles. The summed E-state index contributed by atoms with van der Waals surface area (Å²) in [6.07, 6.45) is 3.50. The lowest BCUT2D eigenvalue weighted by molar-refractivity contribution is 0.483. The van der Waals surface area contributed by atoms with E-state index in [1.54, 1.807) is 33.2 Å². The highest BCUT2D eigenvalue weighted by Gasteiger charge is 2.18. The minimum absolute atomic E-state index is 0.287. The molecule has 0 radical (unpaired) electrons. The van der Waals surface area contributed by atoms with Crippen molar-refractivity contribution in [2.75, 3.05) is 0 Å². The van der Waals surface area contributed by atoms with E-state index in [1.807, 2.05) is 6.07 Å². The Kier molecular flexibility index (Phi) is 3.54. The maximum absolute atomic E-state index is 11.5. The zero-order valence-corrected chi connectivity index (χ0v) is 9.98. The summed E-state index contributed by atoms with van der Waals surface area (Å²) in [5.74, 6) is 0. The van der Waals surface area contributed by atoms with Gasteiger partial charge in [0.05, 0.1) is 0 Å². The minimum Gasteiger partial charge on any atom is -0.367 e. The lowest BCUT2D eigenvalue weighted by Gasteiger charge is -2.20. The molecule has 86 valence electrons. The fourth-order valence-electron chi connectivity index (χ4n) is 1.09. The van der Waals surface area contributed by atoms with Crippen LogP contribution >= 0.6 is 0 Å². The molecule has 0 aliphatic heterocycles. The molecule has 0 bridgehead atoms. The molecule has 0 aliphatic carbocycles. The first-order valence-corrected chi connectivity index (χ1v) is 6.17. The first-order valence-electron chi connectivity index (χ1n) is 4.69. The second-order valence-electron chi connectivity index (χ2n) is 4.40. The van der Waals surface area contributed by atoms with E-state index in [2.05, 4.69) is 14.4 Å². The average Bonchev–Trinajstić information content (AvgIpc) is 2.47. The second-order valence-corrected chi connectivity index (χ2v) is 5.90. The van der Waals surface area contributed by atoms with Crippen LogP contribution in [0.25, 0.3) is 0 Å². The highest BCUT2D eigenvalue weighted by molar-refractivity contribution is 7.87. The van der Waals surface area contributed by atoms with Crippen LogP contribution in [-0.4, -0.2) is 18.9 Å². The molecule has 1 rings (SSSR count). The van der Waals surface area contributed by atoms with Crippen LogP contribution in [0.2, 0.25) is 0 Å². The van der Waals surface area contributed by atoms with Crippen molar-refractivity contribution in [3.8, 4) is 0 Å². The first-order chi connectivity index (χ1) is 6.79. The van der Waals surface area contributed by atoms with Crippen molar-refractivity contribution < 1.29 is 8.42 Å². The topological polar surface area (TPSA) is 74.0 Å². The predicted octanol–water partition coefficient (Wildman–Crippen LogP) is 0.737. The van der Waals surface area contributed by atoms with Gasteiger partial charge in [-0.2, -0.15) is 17.9 Å². The highest BCUT2D eigenvalue weighted by Crippen LogP contribution is 2.02. The molecule has 0 fully saturated rings. The van der Waals surface area contributed by atoms with Crippen molar-refractivity contribution in [3.05, 3.63) is 24.0 Å². The maximum atomic E-state index is 11.5. The van der Waals surface area contributed by atoms with E-state index in [0.717, 1.165) is 5.56 Å². The minimum atomic E-state index is -3.43. The van der Waals surface area contributed by atoms with E-state index in [9.17, 15) is 8.42 Å². The molecular weight excluding hydrogens is 214 g/mol. The van der Waals surface area contributed by atoms with E-state index in [0.29, 0.717) is 0 Å². The van der Waals surface area contributed by atoms with Gasteiger partial charge in [0.1, 0.15) is 0 Å². The normalized spacial score (nSPS) is 13.0. The third kappa shape index (κ3) is 4.96. The average molecular weight is 231 g/mol. The summed E-state index contributed by atoms with van der Waals surface area (Å²) in [7, 11) is -3.43. The van der Waals surface area contributed by atoms with Gasteiger partial charge in [-0.05, 0) is 32.4 Å². The molecule has 6 heteroatoms. The number of hydrogen-bond acceptors (Lipinski definition) is 2. The molecule has 1 heterocycles. The molecule has 3 N–H and O–H groups in total. The van der Waals surface area contributed by atoms with Gasteiger partial charge in [0.15, 0.2) is 0 Å². The summed E-state index contributed by atoms with van der Waals surface area (Å²) in [6.45, 7) is 5.67. The number of rotatable bonds is 4. The van der Waals surface area contributed by atoms with Crippen LogP contribution in [0.15, 0.2) is 18.5 Å². The quantitative estimate of drug-likeness (QED) is 0.715. The molecular formula is C9H17N3O2S. The zero-order chi connectivity index (χ0) is 11.5. The summed E-state index contributed by atoms with van der Waals surface area (Å²) >= 11 is 0. The van der Waals surface area contributed by atoms with Gasteiger partial charge in [-0.3, -0.25) is 0 Å². The lowest BCUT2D eigenvalue weighted by atomic mass is 10.1. The number of hydrogen-bond donors (Lipinski definition) is 3. The molecule has 0 unspecified atom stereocenters. The van der Waals surface area contributed by atoms with E-state index in [-0.39, 0.29) is 6.54 Å². The summed E-state index contributed by atoms with van der Waals surface area (Å²) < 4.78 is 28.0. The fraction of sp³-hybridized carbons (Fsp3) is 0.556. The van der Waals surface area contributed by atoms with Gasteiger partial charge in [-0.25, -0.2) is 0 Å². The van der Waals surface area contributed by atoms with Gasteiger partial charge in [-0.15, -0.1) is 0 Å². The number of aromatic nitrogens is 1. The Morgan fingerprint density at radius 1 is 1.40 bits per heavy atom. The van der Waals surface area contributed by atoms with Gasteiger partial charge in [0.2, 0.25) is 0 Å². The van der Waals surface area contributed by atoms with Crippen LogP contribution in [0, 0.1) is 0 Å². The largest absolute Gasteiger partial charge is 0.367 e. The van der Waals surface area contributed by atoms with E-state index < -0.39 is 15.7 Å². The Morgan fingerprint density at radius 3 is 2.53 bits per heavy atom. The third-order valence-electron chi connectivity index (χ3n) is 1.57. The first kappa shape index (κ1) is 12.2. The molecule has 0 aliphatic rings. The van der Waals surface area contributed by atoms with E-state index >= 15 is 0 Å². The summed E-state index contributed by atoms with van der Waals surface area (Å²) in [5.41, 5.74) is 0.429. The molecule has 1 aromatic heterocycles. The van der Waals surface area contributed by atoms with Gasteiger partial charge < -0.3 is 4.98 Å². The predicted molar refractivity (Wildman–Crippen MR) is 59.4 cm³/mol. The highest BCUT2D eigenvalue weighted by atomic mass is 32.2. The summed E-state index contributed by atoms with van der Waals surface area (Å²) in [6, 6.07) is 1.82. The number of H-pyrrole nitrogens is 1. The molecule has 15 heavy (non-hydrogen) atoms. The van der Waals surface area contributed by atoms with Crippen LogP contribution in [0.4, 0.5) is 0 Å². The summed E-state index contributed by atoms with van der Waals surface area (Å²) in [4.78, 5) is 2.86. The van der Waals surface area contributed by atoms with Crippen LogP contribution < -0.4 is 9.44 Å². The molecule has 5 nitrogen and oxygen atoms in total. The van der Waals surface area contributed by atoms with Gasteiger partial charge in [0.25, 0.3) is 10.2 Å². The fourth-order valence-corrected chi connectivity index (χ4v) is 2.32. The Bertz CT molecular complexity index is 389. The monoisotopic (exact) mass is 231 g/mol. The van der Waals surface area contributed by atoms with E-state index in [4.69, 9.17) is 0 Å². The second kappa shape index (κ2) is 4.34. The summed E-state index contributed by atoms with van der Waals surface area (Å²) in [5, 5.41) is 0. The van der Waals surface area contributed by atoms with Crippen molar-refractivity contribution in [3.63, 3.8) is 0 Å². The molecule has 0 spiro atoms. The molecule has 1 aromatic rings. The van der Waals surface area contributed by atoms with Crippen LogP contribution in [0.1, 0.15) is 26.3 Å². The molecule has 0 atom stereocenters. The van der Waals surface area contributed by atoms with E-state index in [1.165, 1.54) is 0 Å². The van der Waals surface area contributed by atoms with Crippen molar-refractivity contribution in [2.24, 2.45) is 0 Å². The Labute approximate surface area is 90.5 Å². The van der Waals surface area contributed by atoms with Gasteiger partial charge in [0, 0.05) is 24.5 Å². The molecule has 0 saturated carbocycles. The number of aromatic amines is 1. The van der Waals surface area contributed by atoms with Crippen molar-refractivity contribution >= 4 is 10.2 Å². The Morgan fingerprint density at radius 2 is 2.07 bits per heavy atom. The standard InChI is InChI=1S/C9H17N3O2S/c1-9(2,3)12-15(13,14)11-7-8-4-5-10-6-8/h4-6,10-12H,7H2,1-3H3. The lowest BCUT2D eigenvalue weighted by Crippen LogP contribution is -2.46. The van der Waals surface area contributed by atoms with Crippen molar-refractivity contribution in [1.82, 2.24) is 14.4 Å². The molecule has 0 saturated heterocycles. The molecule has 0 amide bonds. The van der Waals surface area contributed by atoms with Gasteiger partial charge >= 0.3 is 0 Å². The Balaban J connectivity index is 2.51. The smallest absolute Gasteiger partial charge is 0.277 e. The van der Waals surface area contributed by atoms with Gasteiger partial charge in [-0.1, -0.05) is 0 Å². The van der Waals surface area contributed by atoms with Crippen LogP contribution in [0.3, 0.4) is 0 Å². The maximum Gasteiger partial charge on any atom is 0.277 e. The van der Waals surface area contributed by atoms with Crippen LogP contribution in [0.5, 0.6) is 0 Å². The SMILES string of the molecule is CC(C)(C)NS(=O)(=O)NCc1cc[nH]c1. The third-order valence-corrected chi connectivity index (χ3v) is 2.97. The Hall–Kier alpha value is -0.850. The van der Waals surface area contributed by atoms with Crippen molar-refractivity contribution in [2.45, 2.75) is 32.9 Å². The van der Waals surface area contributed by atoms with Crippen LogP contribution in [-0.2, 0) is 16.8 Å².